The third kappa shape index (κ3) is 3.28. The second-order valence-electron chi connectivity index (χ2n) is 5.23. The Labute approximate surface area is 122 Å². The smallest absolute Gasteiger partial charge is 0.295 e. The van der Waals surface area contributed by atoms with Crippen LogP contribution < -0.4 is 5.32 Å². The van der Waals surface area contributed by atoms with Crippen LogP contribution in [-0.4, -0.2) is 29.7 Å². The molecule has 6 nitrogen and oxygen atoms in total. The number of nitro groups is 1. The molecule has 6 heteroatoms. The first-order valence-corrected chi connectivity index (χ1v) is 7.09. The van der Waals surface area contributed by atoms with E-state index >= 15 is 0 Å². The maximum Gasteiger partial charge on any atom is 0.295 e. The Balaban J connectivity index is 1.69. The van der Waals surface area contributed by atoms with Gasteiger partial charge in [-0.2, -0.15) is 0 Å². The first-order chi connectivity index (χ1) is 10.3. The second kappa shape index (κ2) is 6.05. The van der Waals surface area contributed by atoms with E-state index in [1.807, 2.05) is 12.1 Å². The molecule has 0 atom stereocenters. The zero-order chi connectivity index (χ0) is 14.7. The van der Waals surface area contributed by atoms with E-state index in [1.54, 1.807) is 12.3 Å². The third-order valence-corrected chi connectivity index (χ3v) is 3.56. The van der Waals surface area contributed by atoms with Gasteiger partial charge in [0.25, 0.3) is 5.69 Å². The largest absolute Gasteiger partial charge is 0.382 e. The minimum atomic E-state index is -0.405. The average molecular weight is 287 g/mol. The number of rotatable bonds is 7. The van der Waals surface area contributed by atoms with Crippen LogP contribution in [0.3, 0.4) is 0 Å². The summed E-state index contributed by atoms with van der Waals surface area (Å²) in [5.74, 6) is 0.759. The van der Waals surface area contributed by atoms with Crippen LogP contribution in [-0.2, 0) is 4.74 Å². The van der Waals surface area contributed by atoms with E-state index in [1.165, 1.54) is 18.9 Å². The molecule has 0 unspecified atom stereocenters. The summed E-state index contributed by atoms with van der Waals surface area (Å²) < 4.78 is 5.57. The van der Waals surface area contributed by atoms with Crippen molar-refractivity contribution in [3.8, 4) is 0 Å². The van der Waals surface area contributed by atoms with Crippen LogP contribution in [0.15, 0.2) is 30.5 Å². The number of nitrogens with one attached hydrogen (secondary N) is 1. The highest BCUT2D eigenvalue weighted by Gasteiger charge is 2.20. The Morgan fingerprint density at radius 1 is 1.38 bits per heavy atom. The van der Waals surface area contributed by atoms with Gasteiger partial charge in [0.15, 0.2) is 0 Å². The number of ether oxygens (including phenoxy) is 1. The molecule has 0 bridgehead atoms. The summed E-state index contributed by atoms with van der Waals surface area (Å²) in [7, 11) is 0. The minimum Gasteiger partial charge on any atom is -0.382 e. The third-order valence-electron chi connectivity index (χ3n) is 3.56. The maximum absolute atomic E-state index is 11.0. The first-order valence-electron chi connectivity index (χ1n) is 7.09. The minimum absolute atomic E-state index is 0.0288. The van der Waals surface area contributed by atoms with E-state index < -0.39 is 4.92 Å². The monoisotopic (exact) mass is 287 g/mol. The van der Waals surface area contributed by atoms with Gasteiger partial charge in [-0.3, -0.25) is 10.1 Å². The fraction of sp³-hybridized carbons (Fsp3) is 0.400. The molecule has 1 aliphatic rings. The molecule has 0 amide bonds. The van der Waals surface area contributed by atoms with Gasteiger partial charge in [-0.05, 0) is 24.8 Å². The van der Waals surface area contributed by atoms with Gasteiger partial charge in [-0.1, -0.05) is 12.1 Å². The number of aromatic nitrogens is 1. The molecule has 1 aliphatic carbocycles. The van der Waals surface area contributed by atoms with Crippen LogP contribution in [0, 0.1) is 16.0 Å². The summed E-state index contributed by atoms with van der Waals surface area (Å²) in [4.78, 5) is 14.7. The van der Waals surface area contributed by atoms with Crippen molar-refractivity contribution in [1.29, 1.82) is 0 Å². The Bertz CT molecular complexity index is 656. The van der Waals surface area contributed by atoms with Crippen molar-refractivity contribution in [3.63, 3.8) is 0 Å². The van der Waals surface area contributed by atoms with Crippen molar-refractivity contribution >= 4 is 22.3 Å². The quantitative estimate of drug-likeness (QED) is 0.481. The van der Waals surface area contributed by atoms with Crippen LogP contribution in [0.1, 0.15) is 12.8 Å². The molecule has 110 valence electrons. The van der Waals surface area contributed by atoms with Crippen LogP contribution >= 0.6 is 0 Å². The molecule has 3 rings (SSSR count). The molecule has 1 saturated carbocycles. The lowest BCUT2D eigenvalue weighted by molar-refractivity contribution is -0.383. The van der Waals surface area contributed by atoms with Crippen LogP contribution in [0.4, 0.5) is 11.4 Å². The summed E-state index contributed by atoms with van der Waals surface area (Å²) in [5.41, 5.74) is 1.28. The van der Waals surface area contributed by atoms with Crippen molar-refractivity contribution < 1.29 is 9.66 Å². The number of hydrogen-bond acceptors (Lipinski definition) is 5. The van der Waals surface area contributed by atoms with Crippen molar-refractivity contribution in [2.45, 2.75) is 12.8 Å². The molecule has 1 heterocycles. The number of pyridine rings is 1. The van der Waals surface area contributed by atoms with E-state index in [9.17, 15) is 10.1 Å². The van der Waals surface area contributed by atoms with Gasteiger partial charge in [0.2, 0.25) is 0 Å². The Morgan fingerprint density at radius 3 is 3.00 bits per heavy atom. The number of benzene rings is 1. The van der Waals surface area contributed by atoms with Gasteiger partial charge in [-0.15, -0.1) is 0 Å². The Morgan fingerprint density at radius 2 is 2.24 bits per heavy atom. The van der Waals surface area contributed by atoms with Gasteiger partial charge in [0.05, 0.1) is 11.5 Å². The van der Waals surface area contributed by atoms with Crippen LogP contribution in [0.5, 0.6) is 0 Å². The van der Waals surface area contributed by atoms with Crippen LogP contribution in [0.2, 0.25) is 0 Å². The van der Waals surface area contributed by atoms with Crippen molar-refractivity contribution in [1.82, 2.24) is 4.98 Å². The highest BCUT2D eigenvalue weighted by molar-refractivity contribution is 5.96. The Hall–Kier alpha value is -2.21. The zero-order valence-electron chi connectivity index (χ0n) is 11.6. The molecule has 0 aliphatic heterocycles. The molecule has 1 fully saturated rings. The van der Waals surface area contributed by atoms with Gasteiger partial charge >= 0.3 is 0 Å². The van der Waals surface area contributed by atoms with E-state index in [4.69, 9.17) is 4.74 Å². The summed E-state index contributed by atoms with van der Waals surface area (Å²) >= 11 is 0. The first kappa shape index (κ1) is 13.8. The standard InChI is InChI=1S/C15H17N3O3/c19-18(20)14-3-1-2-12-13(6-7-17-15(12)14)16-8-9-21-10-11-4-5-11/h1-3,6-7,11H,4-5,8-10H2,(H,16,17). The second-order valence-corrected chi connectivity index (χ2v) is 5.23. The lowest BCUT2D eigenvalue weighted by Gasteiger charge is -2.09. The molecule has 0 radical (unpaired) electrons. The van der Waals surface area contributed by atoms with E-state index in [0.29, 0.717) is 18.7 Å². The summed E-state index contributed by atoms with van der Waals surface area (Å²) in [6, 6.07) is 6.81. The SMILES string of the molecule is O=[N+]([O-])c1cccc2c(NCCOCC3CC3)ccnc12. The lowest BCUT2D eigenvalue weighted by Crippen LogP contribution is -2.11. The van der Waals surface area contributed by atoms with E-state index in [-0.39, 0.29) is 5.69 Å². The molecule has 1 N–H and O–H groups in total. The lowest BCUT2D eigenvalue weighted by atomic mass is 10.1. The van der Waals surface area contributed by atoms with Crippen LogP contribution in [0.25, 0.3) is 10.9 Å². The van der Waals surface area contributed by atoms with Crippen molar-refractivity contribution in [2.24, 2.45) is 5.92 Å². The number of hydrogen-bond donors (Lipinski definition) is 1. The number of nitro benzene ring substituents is 1. The van der Waals surface area contributed by atoms with Gasteiger partial charge in [0, 0.05) is 36.5 Å². The molecule has 0 saturated heterocycles. The van der Waals surface area contributed by atoms with Crippen molar-refractivity contribution in [3.05, 3.63) is 40.6 Å². The fourth-order valence-corrected chi connectivity index (χ4v) is 2.25. The Kier molecular flexibility index (Phi) is 3.96. The average Bonchev–Trinajstić information content (AvgIpc) is 3.30. The van der Waals surface area contributed by atoms with Gasteiger partial charge < -0.3 is 10.1 Å². The molecule has 0 spiro atoms. The topological polar surface area (TPSA) is 77.3 Å². The van der Waals surface area contributed by atoms with E-state index in [2.05, 4.69) is 10.3 Å². The number of nitrogens with zero attached hydrogens (tertiary/aromatic N) is 2. The number of non-ortho nitro benzene ring substituents is 1. The fourth-order valence-electron chi connectivity index (χ4n) is 2.25. The molecule has 1 aromatic heterocycles. The molecule has 21 heavy (non-hydrogen) atoms. The van der Waals surface area contributed by atoms with Crippen molar-refractivity contribution in [2.75, 3.05) is 25.1 Å². The highest BCUT2D eigenvalue weighted by atomic mass is 16.6. The van der Waals surface area contributed by atoms with Gasteiger partial charge in [-0.25, -0.2) is 4.98 Å². The summed E-state index contributed by atoms with van der Waals surface area (Å²) in [5, 5.41) is 15.0. The number of anilines is 1. The molecular formula is C15H17N3O3. The normalized spacial score (nSPS) is 14.3. The number of fused-ring (bicyclic) bond motifs is 1. The molecule has 2 aromatic rings. The maximum atomic E-state index is 11.0. The molecular weight excluding hydrogens is 270 g/mol. The summed E-state index contributed by atoms with van der Waals surface area (Å²) in [6.45, 7) is 2.15. The predicted molar refractivity (Wildman–Crippen MR) is 80.4 cm³/mol. The predicted octanol–water partition coefficient (Wildman–Crippen LogP) is 2.98. The molecule has 1 aromatic carbocycles. The number of para-hydroxylation sites is 1. The highest BCUT2D eigenvalue weighted by Crippen LogP contribution is 2.29. The summed E-state index contributed by atoms with van der Waals surface area (Å²) in [6.07, 6.45) is 4.15. The zero-order valence-corrected chi connectivity index (χ0v) is 11.6. The van der Waals surface area contributed by atoms with E-state index in [0.717, 1.165) is 23.6 Å². The van der Waals surface area contributed by atoms with Gasteiger partial charge in [0.1, 0.15) is 5.52 Å².